The minimum Gasteiger partial charge on any atom is -0.327 e. The molecule has 29 heavy (non-hydrogen) atoms. The summed E-state index contributed by atoms with van der Waals surface area (Å²) < 4.78 is 20.1. The van der Waals surface area contributed by atoms with Crippen molar-refractivity contribution in [2.45, 2.75) is 38.8 Å². The van der Waals surface area contributed by atoms with Gasteiger partial charge in [-0.25, -0.2) is 4.39 Å². The first-order chi connectivity index (χ1) is 14.0. The summed E-state index contributed by atoms with van der Waals surface area (Å²) in [6, 6.07) is 9.08. The second kappa shape index (κ2) is 6.64. The molecule has 1 fully saturated rings. The maximum atomic E-state index is 15.3. The van der Waals surface area contributed by atoms with Gasteiger partial charge in [0.05, 0.1) is 5.52 Å². The highest BCUT2D eigenvalue weighted by molar-refractivity contribution is 7.12. The van der Waals surface area contributed by atoms with Crippen LogP contribution in [-0.2, 0) is 13.0 Å². The molecule has 0 aliphatic heterocycles. The number of H-pyrrole nitrogens is 1. The molecule has 2 aromatic carbocycles. The molecule has 0 unspecified atom stereocenters. The summed E-state index contributed by atoms with van der Waals surface area (Å²) in [5.41, 5.74) is 8.70. The van der Waals surface area contributed by atoms with Crippen LogP contribution in [0.2, 0.25) is 0 Å². The Bertz CT molecular complexity index is 1380. The smallest absolute Gasteiger partial charge is 0.271 e. The van der Waals surface area contributed by atoms with Crippen LogP contribution in [0, 0.1) is 5.82 Å². The summed E-state index contributed by atoms with van der Waals surface area (Å²) >= 11 is 1.19. The predicted molar refractivity (Wildman–Crippen MR) is 115 cm³/mol. The number of aromatic amines is 1. The zero-order valence-corrected chi connectivity index (χ0v) is 16.7. The fourth-order valence-electron chi connectivity index (χ4n) is 4.19. The van der Waals surface area contributed by atoms with E-state index in [2.05, 4.69) is 8.94 Å². The van der Waals surface area contributed by atoms with Gasteiger partial charge in [-0.3, -0.25) is 14.0 Å². The monoisotopic (exact) mass is 409 g/mol. The van der Waals surface area contributed by atoms with E-state index in [-0.39, 0.29) is 16.8 Å². The Balaban J connectivity index is 1.95. The fraction of sp³-hybridized carbons (Fsp3) is 0.273. The predicted octanol–water partition coefficient (Wildman–Crippen LogP) is 4.07. The molecule has 4 aromatic rings. The lowest BCUT2D eigenvalue weighted by Crippen LogP contribution is -2.17. The number of nitrogens with two attached hydrogens (primary N) is 1. The largest absolute Gasteiger partial charge is 0.327 e. The quantitative estimate of drug-likeness (QED) is 0.533. The molecule has 0 atom stereocenters. The fourth-order valence-corrected chi connectivity index (χ4v) is 5.10. The Hall–Kier alpha value is -2.77. The van der Waals surface area contributed by atoms with E-state index in [9.17, 15) is 9.59 Å². The van der Waals surface area contributed by atoms with Crippen molar-refractivity contribution in [3.8, 4) is 11.1 Å². The molecule has 3 N–H and O–H groups in total. The molecule has 0 amide bonds. The number of benzene rings is 2. The van der Waals surface area contributed by atoms with Crippen LogP contribution in [0.25, 0.3) is 32.2 Å². The molecule has 5 nitrogen and oxygen atoms in total. The van der Waals surface area contributed by atoms with Crippen LogP contribution in [-0.4, -0.2) is 8.94 Å². The number of hydrogen-bond acceptors (Lipinski definition) is 4. The first kappa shape index (κ1) is 18.3. The lowest BCUT2D eigenvalue weighted by atomic mass is 9.93. The van der Waals surface area contributed by atoms with Gasteiger partial charge in [0, 0.05) is 23.5 Å². The van der Waals surface area contributed by atoms with Crippen molar-refractivity contribution < 1.29 is 4.39 Å². The summed E-state index contributed by atoms with van der Waals surface area (Å²) in [5, 5.41) is 0.417. The third-order valence-corrected chi connectivity index (χ3v) is 6.59. The van der Waals surface area contributed by atoms with Crippen molar-refractivity contribution >= 4 is 32.7 Å². The first-order valence-corrected chi connectivity index (χ1v) is 10.6. The topological polar surface area (TPSA) is 80.9 Å². The summed E-state index contributed by atoms with van der Waals surface area (Å²) in [7, 11) is 0. The van der Waals surface area contributed by atoms with Crippen molar-refractivity contribution in [1.82, 2.24) is 8.94 Å². The second-order valence-corrected chi connectivity index (χ2v) is 8.30. The molecule has 0 saturated heterocycles. The van der Waals surface area contributed by atoms with Crippen LogP contribution < -0.4 is 16.7 Å². The standard InChI is InChI=1S/C22H20FN3O2S/c1-2-14-17(12-5-3-11(10-24)4-6-12)16(23)9-15-19(14)26(13-7-8-13)22-18(20(15)27)21(28)25-29-22/h3-6,9,13H,2,7-8,10,24H2,1H3,(H,25,28). The van der Waals surface area contributed by atoms with Crippen molar-refractivity contribution in [1.29, 1.82) is 0 Å². The van der Waals surface area contributed by atoms with E-state index in [1.54, 1.807) is 0 Å². The summed E-state index contributed by atoms with van der Waals surface area (Å²) in [6.45, 7) is 2.39. The summed E-state index contributed by atoms with van der Waals surface area (Å²) in [4.78, 5) is 26.0. The number of fused-ring (bicyclic) bond motifs is 2. The van der Waals surface area contributed by atoms with Gasteiger partial charge in [-0.1, -0.05) is 31.2 Å². The molecule has 7 heteroatoms. The Morgan fingerprint density at radius 3 is 2.59 bits per heavy atom. The first-order valence-electron chi connectivity index (χ1n) is 9.75. The average molecular weight is 409 g/mol. The molecule has 5 rings (SSSR count). The zero-order chi connectivity index (χ0) is 20.3. The zero-order valence-electron chi connectivity index (χ0n) is 15.9. The number of hydrogen-bond donors (Lipinski definition) is 2. The molecule has 2 heterocycles. The van der Waals surface area contributed by atoms with E-state index >= 15 is 4.39 Å². The molecule has 0 bridgehead atoms. The minimum atomic E-state index is -0.444. The summed E-state index contributed by atoms with van der Waals surface area (Å²) in [6.07, 6.45) is 2.54. The number of nitrogens with one attached hydrogen (secondary N) is 1. The minimum absolute atomic E-state index is 0.135. The van der Waals surface area contributed by atoms with Gasteiger partial charge < -0.3 is 10.3 Å². The third kappa shape index (κ3) is 2.68. The number of nitrogens with zero attached hydrogens (tertiary/aromatic N) is 1. The number of pyridine rings is 1. The number of halogens is 1. The third-order valence-electron chi connectivity index (χ3n) is 5.71. The Morgan fingerprint density at radius 1 is 1.24 bits per heavy atom. The number of aromatic nitrogens is 2. The Labute approximate surface area is 169 Å². The number of aryl methyl sites for hydroxylation is 1. The maximum Gasteiger partial charge on any atom is 0.271 e. The van der Waals surface area contributed by atoms with E-state index in [1.165, 1.54) is 17.6 Å². The highest BCUT2D eigenvalue weighted by Crippen LogP contribution is 2.42. The van der Waals surface area contributed by atoms with Crippen molar-refractivity contribution in [2.75, 3.05) is 0 Å². The molecular weight excluding hydrogens is 389 g/mol. The van der Waals surface area contributed by atoms with Crippen LogP contribution >= 0.6 is 11.5 Å². The van der Waals surface area contributed by atoms with Crippen LogP contribution in [0.5, 0.6) is 0 Å². The van der Waals surface area contributed by atoms with Gasteiger partial charge in [0.15, 0.2) is 0 Å². The van der Waals surface area contributed by atoms with Gasteiger partial charge in [0.2, 0.25) is 5.43 Å². The molecule has 0 spiro atoms. The molecule has 2 aromatic heterocycles. The second-order valence-electron chi connectivity index (χ2n) is 7.51. The lowest BCUT2D eigenvalue weighted by molar-refractivity contribution is 0.630. The normalized spacial score (nSPS) is 14.2. The molecule has 1 aliphatic carbocycles. The molecule has 148 valence electrons. The highest BCUT2D eigenvalue weighted by atomic mass is 32.1. The van der Waals surface area contributed by atoms with E-state index in [0.29, 0.717) is 23.4 Å². The van der Waals surface area contributed by atoms with Crippen LogP contribution in [0.15, 0.2) is 39.9 Å². The van der Waals surface area contributed by atoms with E-state index < -0.39 is 16.8 Å². The van der Waals surface area contributed by atoms with E-state index in [4.69, 9.17) is 5.73 Å². The van der Waals surface area contributed by atoms with Crippen molar-refractivity contribution in [2.24, 2.45) is 5.73 Å². The van der Waals surface area contributed by atoms with E-state index in [0.717, 1.165) is 35.0 Å². The number of rotatable bonds is 4. The average Bonchev–Trinajstić information content (AvgIpc) is 3.50. The SMILES string of the molecule is CCc1c(-c2ccc(CN)cc2)c(F)cc2c(=O)c3c(=O)[nH]sc3n(C3CC3)c12. The van der Waals surface area contributed by atoms with Crippen LogP contribution in [0.4, 0.5) is 4.39 Å². The van der Waals surface area contributed by atoms with Gasteiger partial charge in [-0.15, -0.1) is 0 Å². The van der Waals surface area contributed by atoms with Crippen molar-refractivity contribution in [3.05, 3.63) is 67.9 Å². The van der Waals surface area contributed by atoms with Gasteiger partial charge in [0.25, 0.3) is 5.56 Å². The van der Waals surface area contributed by atoms with Gasteiger partial charge in [-0.05, 0) is 53.6 Å². The Morgan fingerprint density at radius 2 is 1.97 bits per heavy atom. The van der Waals surface area contributed by atoms with E-state index in [1.807, 2.05) is 31.2 Å². The Kier molecular flexibility index (Phi) is 4.18. The highest BCUT2D eigenvalue weighted by Gasteiger charge is 2.31. The van der Waals surface area contributed by atoms with Gasteiger partial charge >= 0.3 is 0 Å². The molecular formula is C22H20FN3O2S. The van der Waals surface area contributed by atoms with Gasteiger partial charge in [0.1, 0.15) is 16.0 Å². The maximum absolute atomic E-state index is 15.3. The lowest BCUT2D eigenvalue weighted by Gasteiger charge is -2.19. The van der Waals surface area contributed by atoms with Crippen LogP contribution in [0.3, 0.4) is 0 Å². The molecule has 0 radical (unpaired) electrons. The molecule has 1 saturated carbocycles. The summed E-state index contributed by atoms with van der Waals surface area (Å²) in [5.74, 6) is -0.444. The van der Waals surface area contributed by atoms with Gasteiger partial charge in [-0.2, -0.15) is 0 Å². The van der Waals surface area contributed by atoms with Crippen LogP contribution in [0.1, 0.15) is 36.9 Å². The molecule has 1 aliphatic rings. The van der Waals surface area contributed by atoms with Crippen molar-refractivity contribution in [3.63, 3.8) is 0 Å².